The van der Waals surface area contributed by atoms with Crippen LogP contribution < -0.4 is 4.74 Å². The third-order valence-electron chi connectivity index (χ3n) is 5.51. The van der Waals surface area contributed by atoms with Gasteiger partial charge in [0.05, 0.1) is 29.4 Å². The van der Waals surface area contributed by atoms with Gasteiger partial charge in [-0.25, -0.2) is 9.78 Å². The van der Waals surface area contributed by atoms with Crippen molar-refractivity contribution in [1.82, 2.24) is 9.55 Å². The molecule has 0 saturated carbocycles. The highest BCUT2D eigenvalue weighted by Gasteiger charge is 2.14. The lowest BCUT2D eigenvalue weighted by Crippen LogP contribution is -2.06. The van der Waals surface area contributed by atoms with Crippen LogP contribution in [-0.2, 0) is 17.9 Å². The van der Waals surface area contributed by atoms with Crippen molar-refractivity contribution in [3.05, 3.63) is 108 Å². The molecule has 0 aliphatic heterocycles. The van der Waals surface area contributed by atoms with Crippen LogP contribution in [0, 0.1) is 0 Å². The number of methoxy groups -OCH3 is 1. The van der Waals surface area contributed by atoms with E-state index in [9.17, 15) is 4.79 Å². The molecule has 3 aromatic carbocycles. The van der Waals surface area contributed by atoms with Gasteiger partial charge in [-0.2, -0.15) is 0 Å². The Morgan fingerprint density at radius 3 is 2.53 bits per heavy atom. The number of hydrogen-bond acceptors (Lipinski definition) is 4. The van der Waals surface area contributed by atoms with Gasteiger partial charge >= 0.3 is 5.97 Å². The number of rotatable bonds is 6. The number of fused-ring (bicyclic) bond motifs is 2. The number of para-hydroxylation sites is 2. The second-order valence-corrected chi connectivity index (χ2v) is 7.61. The third-order valence-corrected chi connectivity index (χ3v) is 5.51. The molecule has 32 heavy (non-hydrogen) atoms. The molecule has 0 fully saturated rings. The van der Waals surface area contributed by atoms with Crippen molar-refractivity contribution >= 4 is 27.8 Å². The zero-order chi connectivity index (χ0) is 21.9. The maximum absolute atomic E-state index is 12.2. The summed E-state index contributed by atoms with van der Waals surface area (Å²) in [5, 5.41) is 2.13. The molecule has 0 amide bonds. The van der Waals surface area contributed by atoms with E-state index >= 15 is 0 Å². The van der Waals surface area contributed by atoms with Crippen LogP contribution in [0.15, 0.2) is 91.1 Å². The Morgan fingerprint density at radius 2 is 1.69 bits per heavy atom. The van der Waals surface area contributed by atoms with Crippen molar-refractivity contribution in [2.45, 2.75) is 13.2 Å². The van der Waals surface area contributed by atoms with E-state index < -0.39 is 0 Å². The first-order chi connectivity index (χ1) is 15.7. The molecule has 0 bridgehead atoms. The summed E-state index contributed by atoms with van der Waals surface area (Å²) in [4.78, 5) is 16.8. The first kappa shape index (κ1) is 19.8. The van der Waals surface area contributed by atoms with E-state index in [1.165, 1.54) is 7.11 Å². The number of esters is 1. The number of aromatic nitrogens is 2. The van der Waals surface area contributed by atoms with Gasteiger partial charge in [0.25, 0.3) is 0 Å². The van der Waals surface area contributed by atoms with Gasteiger partial charge in [0, 0.05) is 23.5 Å². The zero-order valence-corrected chi connectivity index (χ0v) is 17.7. The van der Waals surface area contributed by atoms with Gasteiger partial charge in [-0.15, -0.1) is 0 Å². The Kier molecular flexibility index (Phi) is 5.30. The molecule has 2 heterocycles. The summed E-state index contributed by atoms with van der Waals surface area (Å²) in [7, 11) is 1.40. The van der Waals surface area contributed by atoms with Gasteiger partial charge in [-0.1, -0.05) is 48.5 Å². The summed E-state index contributed by atoms with van der Waals surface area (Å²) < 4.78 is 12.9. The topological polar surface area (TPSA) is 53.4 Å². The van der Waals surface area contributed by atoms with Gasteiger partial charge in [-0.3, -0.25) is 0 Å². The number of ether oxygens (including phenoxy) is 2. The minimum atomic E-state index is -0.332. The van der Waals surface area contributed by atoms with Gasteiger partial charge in [0.15, 0.2) is 0 Å². The molecule has 0 saturated heterocycles. The number of pyridine rings is 1. The molecular formula is C27H22N2O3. The van der Waals surface area contributed by atoms with E-state index in [4.69, 9.17) is 9.47 Å². The van der Waals surface area contributed by atoms with E-state index in [0.29, 0.717) is 18.7 Å². The number of carbonyl (C=O) groups excluding carboxylic acids is 1. The van der Waals surface area contributed by atoms with Crippen LogP contribution in [0.1, 0.15) is 21.6 Å². The highest BCUT2D eigenvalue weighted by molar-refractivity contribution is 6.03. The van der Waals surface area contributed by atoms with Crippen molar-refractivity contribution in [2.75, 3.05) is 7.11 Å². The van der Waals surface area contributed by atoms with Crippen molar-refractivity contribution in [3.63, 3.8) is 0 Å². The Bertz CT molecular complexity index is 1400. The molecule has 0 N–H and O–H groups in total. The SMILES string of the molecule is COC(=O)c1cccc2ccn(Cc3ccc(OCc4ccc5ccccc5n4)cc3)c12. The van der Waals surface area contributed by atoms with Crippen LogP contribution in [0.25, 0.3) is 21.8 Å². The number of nitrogens with zero attached hydrogens (tertiary/aromatic N) is 2. The standard InChI is InChI=1S/C27H22N2O3/c1-31-27(30)24-7-4-6-21-15-16-29(26(21)24)17-19-9-13-23(14-10-19)32-18-22-12-11-20-5-2-3-8-25(20)28-22/h2-16H,17-18H2,1H3. The molecule has 0 aliphatic carbocycles. The van der Waals surface area contributed by atoms with Crippen molar-refractivity contribution in [2.24, 2.45) is 0 Å². The summed E-state index contributed by atoms with van der Waals surface area (Å²) in [5.41, 5.74) is 4.41. The van der Waals surface area contributed by atoms with Gasteiger partial charge < -0.3 is 14.0 Å². The smallest absolute Gasteiger partial charge is 0.340 e. The fraction of sp³-hybridized carbons (Fsp3) is 0.111. The minimum Gasteiger partial charge on any atom is -0.487 e. The molecular weight excluding hydrogens is 400 g/mol. The van der Waals surface area contributed by atoms with E-state index in [-0.39, 0.29) is 5.97 Å². The molecule has 158 valence electrons. The number of hydrogen-bond donors (Lipinski definition) is 0. The lowest BCUT2D eigenvalue weighted by atomic mass is 10.1. The van der Waals surface area contributed by atoms with E-state index in [1.54, 1.807) is 6.07 Å². The maximum Gasteiger partial charge on any atom is 0.340 e. The minimum absolute atomic E-state index is 0.332. The van der Waals surface area contributed by atoms with Crippen LogP contribution in [0.3, 0.4) is 0 Å². The fourth-order valence-corrected chi connectivity index (χ4v) is 3.90. The largest absolute Gasteiger partial charge is 0.487 e. The second-order valence-electron chi connectivity index (χ2n) is 7.61. The molecule has 5 heteroatoms. The quantitative estimate of drug-likeness (QED) is 0.334. The predicted octanol–water partition coefficient (Wildman–Crippen LogP) is 5.60. The highest BCUT2D eigenvalue weighted by atomic mass is 16.5. The molecule has 0 aliphatic rings. The van der Waals surface area contributed by atoms with Crippen LogP contribution >= 0.6 is 0 Å². The fourth-order valence-electron chi connectivity index (χ4n) is 3.90. The number of carbonyl (C=O) groups is 1. The highest BCUT2D eigenvalue weighted by Crippen LogP contribution is 2.23. The summed E-state index contributed by atoms with van der Waals surface area (Å²) in [6.45, 7) is 1.05. The van der Waals surface area contributed by atoms with Crippen molar-refractivity contribution in [3.8, 4) is 5.75 Å². The predicted molar refractivity (Wildman–Crippen MR) is 125 cm³/mol. The van der Waals surface area contributed by atoms with Crippen LogP contribution in [0.2, 0.25) is 0 Å². The van der Waals surface area contributed by atoms with E-state index in [0.717, 1.165) is 38.8 Å². The molecule has 0 atom stereocenters. The average molecular weight is 422 g/mol. The normalized spacial score (nSPS) is 11.0. The summed E-state index contributed by atoms with van der Waals surface area (Å²) >= 11 is 0. The summed E-state index contributed by atoms with van der Waals surface area (Å²) in [6, 6.07) is 27.8. The van der Waals surface area contributed by atoms with Gasteiger partial charge in [-0.05, 0) is 42.0 Å². The zero-order valence-electron chi connectivity index (χ0n) is 17.7. The van der Waals surface area contributed by atoms with Crippen LogP contribution in [0.4, 0.5) is 0 Å². The molecule has 0 radical (unpaired) electrons. The number of benzene rings is 3. The Balaban J connectivity index is 1.30. The monoisotopic (exact) mass is 422 g/mol. The Hall–Kier alpha value is -4.12. The third kappa shape index (κ3) is 3.93. The molecule has 0 unspecified atom stereocenters. The molecule has 0 spiro atoms. The molecule has 5 aromatic rings. The van der Waals surface area contributed by atoms with Crippen LogP contribution in [-0.4, -0.2) is 22.6 Å². The molecule has 5 rings (SSSR count). The molecule has 5 nitrogen and oxygen atoms in total. The maximum atomic E-state index is 12.2. The Morgan fingerprint density at radius 1 is 0.875 bits per heavy atom. The lowest BCUT2D eigenvalue weighted by Gasteiger charge is -2.10. The van der Waals surface area contributed by atoms with Gasteiger partial charge in [0.2, 0.25) is 0 Å². The first-order valence-corrected chi connectivity index (χ1v) is 10.4. The average Bonchev–Trinajstić information content (AvgIpc) is 3.26. The van der Waals surface area contributed by atoms with E-state index in [2.05, 4.69) is 15.6 Å². The van der Waals surface area contributed by atoms with Crippen molar-refractivity contribution < 1.29 is 14.3 Å². The van der Waals surface area contributed by atoms with Crippen LogP contribution in [0.5, 0.6) is 5.75 Å². The summed E-state index contributed by atoms with van der Waals surface area (Å²) in [6.07, 6.45) is 1.99. The molecule has 2 aromatic heterocycles. The van der Waals surface area contributed by atoms with Gasteiger partial charge in [0.1, 0.15) is 12.4 Å². The Labute approximate surface area is 185 Å². The lowest BCUT2D eigenvalue weighted by molar-refractivity contribution is 0.0602. The van der Waals surface area contributed by atoms with E-state index in [1.807, 2.05) is 79.0 Å². The second kappa shape index (κ2) is 8.55. The first-order valence-electron chi connectivity index (χ1n) is 10.4. The van der Waals surface area contributed by atoms with Crippen molar-refractivity contribution in [1.29, 1.82) is 0 Å². The summed E-state index contributed by atoms with van der Waals surface area (Å²) in [5.74, 6) is 0.456.